The number of amides is 2. The highest BCUT2D eigenvalue weighted by atomic mass is 19.2. The number of carbonyl (C=O) groups excluding carboxylic acids is 3. The summed E-state index contributed by atoms with van der Waals surface area (Å²) in [6.07, 6.45) is 4.09. The van der Waals surface area contributed by atoms with Crippen LogP contribution in [0.3, 0.4) is 0 Å². The largest absolute Gasteiger partial charge is 0.480 e. The van der Waals surface area contributed by atoms with Crippen LogP contribution in [0.5, 0.6) is 0 Å². The predicted octanol–water partition coefficient (Wildman–Crippen LogP) is 2.02. The van der Waals surface area contributed by atoms with Crippen molar-refractivity contribution in [1.82, 2.24) is 15.5 Å². The Hall–Kier alpha value is -3.19. The molecule has 0 radical (unpaired) electrons. The fraction of sp³-hybridized carbons (Fsp3) is 0.643. The van der Waals surface area contributed by atoms with Crippen molar-refractivity contribution in [1.29, 1.82) is 0 Å². The molecule has 1 aromatic carbocycles. The number of benzene rings is 1. The smallest absolute Gasteiger partial charge is 0.326 e. The van der Waals surface area contributed by atoms with Crippen molar-refractivity contribution >= 4 is 23.8 Å². The van der Waals surface area contributed by atoms with Crippen molar-refractivity contribution in [2.24, 2.45) is 11.7 Å². The molecule has 3 rings (SSSR count). The Labute approximate surface area is 237 Å². The monoisotopic (exact) mass is 584 g/mol. The summed E-state index contributed by atoms with van der Waals surface area (Å²) in [5.74, 6) is -6.31. The van der Waals surface area contributed by atoms with Gasteiger partial charge in [0.2, 0.25) is 11.8 Å². The van der Waals surface area contributed by atoms with Crippen molar-refractivity contribution < 1.29 is 42.2 Å². The van der Waals surface area contributed by atoms with E-state index in [2.05, 4.69) is 10.6 Å². The third-order valence-electron chi connectivity index (χ3n) is 7.72. The number of nitrogens with zero attached hydrogens (tertiary/aromatic N) is 1. The van der Waals surface area contributed by atoms with Gasteiger partial charge >= 0.3 is 11.9 Å². The molecule has 0 bridgehead atoms. The van der Waals surface area contributed by atoms with Crippen molar-refractivity contribution in [2.45, 2.75) is 95.4 Å². The predicted molar refractivity (Wildman–Crippen MR) is 142 cm³/mol. The van der Waals surface area contributed by atoms with Gasteiger partial charge in [-0.3, -0.25) is 19.7 Å². The van der Waals surface area contributed by atoms with E-state index in [0.717, 1.165) is 32.1 Å². The first kappa shape index (κ1) is 32.3. The maximum Gasteiger partial charge on any atom is 0.326 e. The third-order valence-corrected chi connectivity index (χ3v) is 7.72. The lowest BCUT2D eigenvalue weighted by Gasteiger charge is -2.33. The number of rotatable bonds is 12. The van der Waals surface area contributed by atoms with E-state index < -0.39 is 71.4 Å². The molecule has 2 amide bonds. The van der Waals surface area contributed by atoms with Gasteiger partial charge in [-0.15, -0.1) is 0 Å². The van der Waals surface area contributed by atoms with Crippen LogP contribution in [0.15, 0.2) is 12.1 Å². The number of carbonyl (C=O) groups is 4. The maximum absolute atomic E-state index is 13.9. The highest BCUT2D eigenvalue weighted by Crippen LogP contribution is 2.28. The second-order valence-corrected chi connectivity index (χ2v) is 10.9. The van der Waals surface area contributed by atoms with E-state index in [1.807, 2.05) is 0 Å². The Balaban J connectivity index is 1.60. The van der Waals surface area contributed by atoms with Gasteiger partial charge in [-0.25, -0.2) is 18.0 Å². The standard InChI is InChI=1S/C28H39F3N4O6/c1-3-41-28(40)25(16-7-5-4-6-8-16)33-15(2)26(37)35-14-19(12-23(35)27(38)39)34-24(36)11-18(32)9-17-10-21(30)22(31)13-20(17)29/h10,13,15-16,18-19,23,25,33H,3-9,11-12,14,32H2,1-2H3,(H,34,36)(H,38,39)/t15-,18+,19-,23-,25-/m0/s1. The number of carboxylic acids is 1. The van der Waals surface area contributed by atoms with E-state index in [0.29, 0.717) is 12.1 Å². The zero-order valence-electron chi connectivity index (χ0n) is 23.3. The van der Waals surface area contributed by atoms with Crippen LogP contribution < -0.4 is 16.4 Å². The van der Waals surface area contributed by atoms with Gasteiger partial charge in [0.05, 0.1) is 12.6 Å². The molecule has 0 unspecified atom stereocenters. The number of carboxylic acid groups (broad SMARTS) is 1. The number of nitrogens with two attached hydrogens (primary N) is 1. The minimum absolute atomic E-state index is 0.00280. The van der Waals surface area contributed by atoms with Crippen molar-refractivity contribution in [3.8, 4) is 0 Å². The molecule has 5 N–H and O–H groups in total. The molecule has 1 heterocycles. The summed E-state index contributed by atoms with van der Waals surface area (Å²) >= 11 is 0. The minimum Gasteiger partial charge on any atom is -0.480 e. The van der Waals surface area contributed by atoms with Crippen molar-refractivity contribution in [2.75, 3.05) is 13.2 Å². The lowest BCUT2D eigenvalue weighted by atomic mass is 9.83. The molecular formula is C28H39F3N4O6. The number of aliphatic carboxylic acids is 1. The molecular weight excluding hydrogens is 545 g/mol. The summed E-state index contributed by atoms with van der Waals surface area (Å²) in [6.45, 7) is 3.39. The van der Waals surface area contributed by atoms with Gasteiger partial charge in [0, 0.05) is 37.5 Å². The molecule has 2 fully saturated rings. The van der Waals surface area contributed by atoms with E-state index in [1.165, 1.54) is 4.90 Å². The third kappa shape index (κ3) is 8.65. The van der Waals surface area contributed by atoms with Gasteiger partial charge in [-0.05, 0) is 50.7 Å². The first-order chi connectivity index (χ1) is 19.4. The highest BCUT2D eigenvalue weighted by Gasteiger charge is 2.43. The van der Waals surface area contributed by atoms with Gasteiger partial charge in [0.15, 0.2) is 11.6 Å². The molecule has 1 saturated carbocycles. The molecule has 41 heavy (non-hydrogen) atoms. The summed E-state index contributed by atoms with van der Waals surface area (Å²) in [7, 11) is 0. The van der Waals surface area contributed by atoms with E-state index in [-0.39, 0.29) is 43.9 Å². The quantitative estimate of drug-likeness (QED) is 0.215. The molecule has 13 heteroatoms. The number of likely N-dealkylation sites (tertiary alicyclic amines) is 1. The Bertz CT molecular complexity index is 1120. The van der Waals surface area contributed by atoms with Crippen LogP contribution in [-0.4, -0.2) is 77.1 Å². The zero-order valence-corrected chi connectivity index (χ0v) is 23.3. The maximum atomic E-state index is 13.9. The van der Waals surface area contributed by atoms with Gasteiger partial charge in [0.1, 0.15) is 17.9 Å². The molecule has 0 spiro atoms. The number of nitrogens with one attached hydrogen (secondary N) is 2. The fourth-order valence-corrected chi connectivity index (χ4v) is 5.70. The minimum atomic E-state index is -1.33. The molecule has 1 aliphatic carbocycles. The van der Waals surface area contributed by atoms with Crippen LogP contribution in [0.4, 0.5) is 13.2 Å². The van der Waals surface area contributed by atoms with Gasteiger partial charge < -0.3 is 25.8 Å². The summed E-state index contributed by atoms with van der Waals surface area (Å²) < 4.78 is 45.8. The fourth-order valence-electron chi connectivity index (χ4n) is 5.70. The van der Waals surface area contributed by atoms with Gasteiger partial charge in [-0.2, -0.15) is 0 Å². The molecule has 1 aliphatic heterocycles. The number of esters is 1. The van der Waals surface area contributed by atoms with Crippen LogP contribution in [0, 0.1) is 23.4 Å². The Morgan fingerprint density at radius 3 is 2.39 bits per heavy atom. The first-order valence-corrected chi connectivity index (χ1v) is 14.1. The SMILES string of the molecule is CCOC(=O)[C@@H](N[C@@H](C)C(=O)N1C[C@@H](NC(=O)C[C@H](N)Cc2cc(F)c(F)cc2F)C[C@H]1C(=O)O)C1CCCCC1. The normalized spacial score (nSPS) is 21.7. The van der Waals surface area contributed by atoms with Crippen LogP contribution in [0.2, 0.25) is 0 Å². The lowest BCUT2D eigenvalue weighted by molar-refractivity contribution is -0.151. The van der Waals surface area contributed by atoms with Crippen LogP contribution in [0.25, 0.3) is 0 Å². The van der Waals surface area contributed by atoms with Crippen molar-refractivity contribution in [3.63, 3.8) is 0 Å². The second-order valence-electron chi connectivity index (χ2n) is 10.9. The molecule has 0 aromatic heterocycles. The highest BCUT2D eigenvalue weighted by molar-refractivity contribution is 5.88. The second kappa shape index (κ2) is 14.6. The summed E-state index contributed by atoms with van der Waals surface area (Å²) in [5.41, 5.74) is 5.76. The molecule has 2 aliphatic rings. The average Bonchev–Trinajstić information content (AvgIpc) is 3.34. The van der Waals surface area contributed by atoms with E-state index in [4.69, 9.17) is 10.5 Å². The topological polar surface area (TPSA) is 151 Å². The number of ether oxygens (including phenoxy) is 1. The number of hydrogen-bond donors (Lipinski definition) is 4. The van der Waals surface area contributed by atoms with Crippen LogP contribution >= 0.6 is 0 Å². The molecule has 10 nitrogen and oxygen atoms in total. The van der Waals surface area contributed by atoms with Crippen LogP contribution in [-0.2, 0) is 30.3 Å². The Kier molecular flexibility index (Phi) is 11.5. The van der Waals surface area contributed by atoms with Gasteiger partial charge in [-0.1, -0.05) is 19.3 Å². The van der Waals surface area contributed by atoms with Crippen LogP contribution in [0.1, 0.15) is 64.4 Å². The number of halogens is 3. The lowest BCUT2D eigenvalue weighted by Crippen LogP contribution is -2.55. The average molecular weight is 585 g/mol. The molecule has 228 valence electrons. The molecule has 5 atom stereocenters. The van der Waals surface area contributed by atoms with E-state index in [1.54, 1.807) is 13.8 Å². The first-order valence-electron chi connectivity index (χ1n) is 14.1. The van der Waals surface area contributed by atoms with Crippen molar-refractivity contribution in [3.05, 3.63) is 35.1 Å². The molecule has 1 aromatic rings. The summed E-state index contributed by atoms with van der Waals surface area (Å²) in [5, 5.41) is 15.5. The Morgan fingerprint density at radius 1 is 1.10 bits per heavy atom. The Morgan fingerprint density at radius 2 is 1.76 bits per heavy atom. The summed E-state index contributed by atoms with van der Waals surface area (Å²) in [4.78, 5) is 51.9. The van der Waals surface area contributed by atoms with E-state index >= 15 is 0 Å². The van der Waals surface area contributed by atoms with E-state index in [9.17, 15) is 37.5 Å². The summed E-state index contributed by atoms with van der Waals surface area (Å²) in [6, 6.07) is -3.29. The number of hydrogen-bond acceptors (Lipinski definition) is 7. The zero-order chi connectivity index (χ0) is 30.3. The van der Waals surface area contributed by atoms with Gasteiger partial charge in [0.25, 0.3) is 0 Å². The molecule has 1 saturated heterocycles.